The lowest BCUT2D eigenvalue weighted by Crippen LogP contribution is -2.16. The number of rotatable bonds is 7. The Kier molecular flexibility index (Phi) is 4.85. The van der Waals surface area contributed by atoms with Crippen molar-refractivity contribution in [2.24, 2.45) is 0 Å². The maximum Gasteiger partial charge on any atom is 0.357 e. The van der Waals surface area contributed by atoms with Crippen molar-refractivity contribution >= 4 is 38.3 Å². The number of aliphatic hydroxyl groups excluding tert-OH is 1. The summed E-state index contributed by atoms with van der Waals surface area (Å²) in [5.74, 6) is -1.17. The molecule has 2 heterocycles. The number of hydrogen-bond acceptors (Lipinski definition) is 9. The number of carboxylic acids is 1. The SMILES string of the molecule is O=C(O)c1ncsc1NS(=O)(=O)c1cnc(NCCO)nc1. The van der Waals surface area contributed by atoms with Crippen LogP contribution in [0.2, 0.25) is 0 Å². The number of carboxylic acid groups (broad SMARTS) is 1. The molecule has 0 spiro atoms. The van der Waals surface area contributed by atoms with Gasteiger partial charge in [0.15, 0.2) is 5.69 Å². The van der Waals surface area contributed by atoms with Crippen molar-refractivity contribution in [3.8, 4) is 0 Å². The van der Waals surface area contributed by atoms with E-state index in [2.05, 4.69) is 25.0 Å². The number of aromatic nitrogens is 3. The monoisotopic (exact) mass is 345 g/mol. The molecule has 118 valence electrons. The third-order valence-corrected chi connectivity index (χ3v) is 4.51. The molecule has 2 aromatic heterocycles. The van der Waals surface area contributed by atoms with Gasteiger partial charge in [-0.3, -0.25) is 4.72 Å². The second kappa shape index (κ2) is 6.64. The Bertz CT molecular complexity index is 758. The normalized spacial score (nSPS) is 11.1. The summed E-state index contributed by atoms with van der Waals surface area (Å²) in [6, 6.07) is 0. The Labute approximate surface area is 128 Å². The van der Waals surface area contributed by atoms with Gasteiger partial charge in [-0.25, -0.2) is 28.2 Å². The van der Waals surface area contributed by atoms with E-state index < -0.39 is 16.0 Å². The zero-order valence-electron chi connectivity index (χ0n) is 10.9. The molecule has 0 unspecified atom stereocenters. The smallest absolute Gasteiger partial charge is 0.357 e. The number of nitrogens with one attached hydrogen (secondary N) is 2. The van der Waals surface area contributed by atoms with E-state index in [1.807, 2.05) is 0 Å². The fourth-order valence-corrected chi connectivity index (χ4v) is 3.24. The minimum atomic E-state index is -4.02. The number of aromatic carboxylic acids is 1. The van der Waals surface area contributed by atoms with Crippen LogP contribution in [-0.4, -0.2) is 52.7 Å². The van der Waals surface area contributed by atoms with Gasteiger partial charge in [-0.15, -0.1) is 11.3 Å². The van der Waals surface area contributed by atoms with Crippen molar-refractivity contribution in [2.45, 2.75) is 4.90 Å². The third-order valence-electron chi connectivity index (χ3n) is 2.33. The molecule has 12 heteroatoms. The van der Waals surface area contributed by atoms with E-state index in [0.29, 0.717) is 0 Å². The summed E-state index contributed by atoms with van der Waals surface area (Å²) in [4.78, 5) is 21.8. The highest BCUT2D eigenvalue weighted by Gasteiger charge is 2.21. The summed E-state index contributed by atoms with van der Waals surface area (Å²) in [5, 5.41) is 20.1. The molecule has 0 atom stereocenters. The summed E-state index contributed by atoms with van der Waals surface area (Å²) < 4.78 is 26.4. The quantitative estimate of drug-likeness (QED) is 0.535. The van der Waals surface area contributed by atoms with Crippen LogP contribution in [0.4, 0.5) is 10.9 Å². The number of thiazole rings is 1. The predicted octanol–water partition coefficient (Wildman–Crippen LogP) is -0.164. The van der Waals surface area contributed by atoms with Crippen LogP contribution in [0.15, 0.2) is 22.8 Å². The molecule has 4 N–H and O–H groups in total. The average molecular weight is 345 g/mol. The minimum Gasteiger partial charge on any atom is -0.476 e. The van der Waals surface area contributed by atoms with Gasteiger partial charge in [-0.2, -0.15) is 0 Å². The lowest BCUT2D eigenvalue weighted by Gasteiger charge is -2.07. The molecule has 0 radical (unpaired) electrons. The number of carbonyl (C=O) groups is 1. The van der Waals surface area contributed by atoms with Crippen molar-refractivity contribution < 1.29 is 23.4 Å². The molecule has 10 nitrogen and oxygen atoms in total. The molecule has 0 aliphatic carbocycles. The van der Waals surface area contributed by atoms with Crippen LogP contribution < -0.4 is 10.0 Å². The Hall–Kier alpha value is -2.31. The predicted molar refractivity (Wildman–Crippen MR) is 77.5 cm³/mol. The van der Waals surface area contributed by atoms with Crippen molar-refractivity contribution in [1.82, 2.24) is 15.0 Å². The average Bonchev–Trinajstić information content (AvgIpc) is 2.93. The maximum atomic E-state index is 12.1. The second-order valence-electron chi connectivity index (χ2n) is 3.83. The Morgan fingerprint density at radius 1 is 1.27 bits per heavy atom. The minimum absolute atomic E-state index is 0.102. The molecule has 2 aromatic rings. The number of nitrogens with zero attached hydrogens (tertiary/aromatic N) is 3. The molecule has 0 saturated carbocycles. The Balaban J connectivity index is 2.19. The van der Waals surface area contributed by atoms with Crippen molar-refractivity contribution in [1.29, 1.82) is 0 Å². The van der Waals surface area contributed by atoms with Gasteiger partial charge < -0.3 is 15.5 Å². The second-order valence-corrected chi connectivity index (χ2v) is 6.37. The number of anilines is 2. The first-order valence-electron chi connectivity index (χ1n) is 5.80. The zero-order valence-corrected chi connectivity index (χ0v) is 12.6. The third kappa shape index (κ3) is 3.66. The standard InChI is InChI=1S/C10H11N5O5S2/c16-2-1-11-10-12-3-6(4-13-10)22(19,20)15-8-7(9(17)18)14-5-21-8/h3-5,15-16H,1-2H2,(H,17,18)(H,11,12,13). The first kappa shape index (κ1) is 16.1. The highest BCUT2D eigenvalue weighted by Crippen LogP contribution is 2.23. The van der Waals surface area contributed by atoms with Gasteiger partial charge >= 0.3 is 5.97 Å². The van der Waals surface area contributed by atoms with Gasteiger partial charge in [0.25, 0.3) is 10.0 Å². The molecule has 0 fully saturated rings. The van der Waals surface area contributed by atoms with Crippen LogP contribution in [0.3, 0.4) is 0 Å². The van der Waals surface area contributed by atoms with E-state index >= 15 is 0 Å². The van der Waals surface area contributed by atoms with Gasteiger partial charge in [0.1, 0.15) is 9.90 Å². The molecular formula is C10H11N5O5S2. The lowest BCUT2D eigenvalue weighted by molar-refractivity contribution is 0.0692. The Morgan fingerprint density at radius 3 is 2.55 bits per heavy atom. The fourth-order valence-electron chi connectivity index (χ4n) is 1.37. The van der Waals surface area contributed by atoms with Crippen molar-refractivity contribution in [3.05, 3.63) is 23.6 Å². The molecule has 0 aliphatic rings. The zero-order chi connectivity index (χ0) is 16.2. The van der Waals surface area contributed by atoms with Gasteiger partial charge in [-0.1, -0.05) is 0 Å². The molecule has 0 aromatic carbocycles. The highest BCUT2D eigenvalue weighted by atomic mass is 32.2. The fraction of sp³-hybridized carbons (Fsp3) is 0.200. The molecule has 0 aliphatic heterocycles. The molecule has 2 rings (SSSR count). The van der Waals surface area contributed by atoms with E-state index in [1.165, 1.54) is 5.51 Å². The molecular weight excluding hydrogens is 334 g/mol. The van der Waals surface area contributed by atoms with Crippen LogP contribution in [0, 0.1) is 0 Å². The van der Waals surface area contributed by atoms with Crippen LogP contribution >= 0.6 is 11.3 Å². The van der Waals surface area contributed by atoms with Crippen molar-refractivity contribution in [2.75, 3.05) is 23.2 Å². The topological polar surface area (TPSA) is 154 Å². The van der Waals surface area contributed by atoms with Gasteiger partial charge in [0, 0.05) is 6.54 Å². The number of aliphatic hydroxyl groups is 1. The summed E-state index contributed by atoms with van der Waals surface area (Å²) in [7, 11) is -4.02. The Morgan fingerprint density at radius 2 is 1.95 bits per heavy atom. The summed E-state index contributed by atoms with van der Waals surface area (Å²) >= 11 is 0.851. The molecule has 22 heavy (non-hydrogen) atoms. The summed E-state index contributed by atoms with van der Waals surface area (Å²) in [5.41, 5.74) is 0.843. The highest BCUT2D eigenvalue weighted by molar-refractivity contribution is 7.93. The van der Waals surface area contributed by atoms with Crippen molar-refractivity contribution in [3.63, 3.8) is 0 Å². The molecule has 0 saturated heterocycles. The summed E-state index contributed by atoms with van der Waals surface area (Å²) in [6.07, 6.45) is 2.13. The number of hydrogen-bond donors (Lipinski definition) is 4. The summed E-state index contributed by atoms with van der Waals surface area (Å²) in [6.45, 7) is 0.113. The van der Waals surface area contributed by atoms with E-state index in [-0.39, 0.29) is 34.7 Å². The van der Waals surface area contributed by atoms with Crippen LogP contribution in [0.5, 0.6) is 0 Å². The van der Waals surface area contributed by atoms with Crippen LogP contribution in [0.1, 0.15) is 10.5 Å². The van der Waals surface area contributed by atoms with E-state index in [1.54, 1.807) is 0 Å². The lowest BCUT2D eigenvalue weighted by atomic mass is 10.5. The first-order chi connectivity index (χ1) is 10.4. The van der Waals surface area contributed by atoms with Gasteiger partial charge in [-0.05, 0) is 0 Å². The van der Waals surface area contributed by atoms with E-state index in [0.717, 1.165) is 23.7 Å². The van der Waals surface area contributed by atoms with Crippen LogP contribution in [0.25, 0.3) is 0 Å². The first-order valence-corrected chi connectivity index (χ1v) is 8.16. The van der Waals surface area contributed by atoms with E-state index in [4.69, 9.17) is 10.2 Å². The largest absolute Gasteiger partial charge is 0.476 e. The van der Waals surface area contributed by atoms with Gasteiger partial charge in [0.05, 0.1) is 24.5 Å². The number of sulfonamides is 1. The maximum absolute atomic E-state index is 12.1. The molecule has 0 bridgehead atoms. The van der Waals surface area contributed by atoms with Gasteiger partial charge in [0.2, 0.25) is 5.95 Å². The van der Waals surface area contributed by atoms with E-state index in [9.17, 15) is 13.2 Å². The molecule has 0 amide bonds. The van der Waals surface area contributed by atoms with Crippen LogP contribution in [-0.2, 0) is 10.0 Å².